The summed E-state index contributed by atoms with van der Waals surface area (Å²) >= 11 is 1.23. The number of hydrogen-bond acceptors (Lipinski definition) is 4. The topological polar surface area (TPSA) is 29.5 Å². The van der Waals surface area contributed by atoms with Crippen LogP contribution >= 0.6 is 12.0 Å². The van der Waals surface area contributed by atoms with Crippen molar-refractivity contribution < 1.29 is 9.08 Å². The highest BCUT2D eigenvalue weighted by Crippen LogP contribution is 2.04. The van der Waals surface area contributed by atoms with Crippen LogP contribution in [0.4, 0.5) is 0 Å². The van der Waals surface area contributed by atoms with E-state index in [4.69, 9.17) is 4.28 Å². The second-order valence-electron chi connectivity index (χ2n) is 2.07. The fourth-order valence-electron chi connectivity index (χ4n) is 0.438. The van der Waals surface area contributed by atoms with Crippen molar-refractivity contribution in [2.24, 2.45) is 0 Å². The van der Waals surface area contributed by atoms with Gasteiger partial charge in [0, 0.05) is 25.3 Å². The quantitative estimate of drug-likeness (QED) is 0.458. The molecule has 0 spiro atoms. The fraction of sp³-hybridized carbons (Fsp3) is 0.833. The van der Waals surface area contributed by atoms with Crippen molar-refractivity contribution in [1.82, 2.24) is 5.06 Å². The Morgan fingerprint density at radius 1 is 1.70 bits per heavy atom. The average molecular weight is 163 g/mol. The van der Waals surface area contributed by atoms with Crippen LogP contribution in [0.15, 0.2) is 0 Å². The summed E-state index contributed by atoms with van der Waals surface area (Å²) in [6.45, 7) is 3.35. The van der Waals surface area contributed by atoms with E-state index in [0.29, 0.717) is 0 Å². The first-order valence-electron chi connectivity index (χ1n) is 3.03. The number of carbonyl (C=O) groups excluding carboxylic acids is 1. The maximum absolute atomic E-state index is 10.7. The summed E-state index contributed by atoms with van der Waals surface area (Å²) in [4.78, 5) is 10.7. The Balaban J connectivity index is 3.69. The van der Waals surface area contributed by atoms with Crippen LogP contribution in [0.2, 0.25) is 0 Å². The van der Waals surface area contributed by atoms with Gasteiger partial charge in [0.25, 0.3) is 0 Å². The first kappa shape index (κ1) is 9.94. The molecule has 0 amide bonds. The molecule has 4 heteroatoms. The Morgan fingerprint density at radius 3 is 2.50 bits per heavy atom. The van der Waals surface area contributed by atoms with E-state index >= 15 is 0 Å². The Morgan fingerprint density at radius 2 is 2.20 bits per heavy atom. The molecule has 0 saturated carbocycles. The molecule has 0 aliphatic heterocycles. The molecule has 60 valence electrons. The zero-order valence-corrected chi connectivity index (χ0v) is 7.57. The van der Waals surface area contributed by atoms with Crippen LogP contribution < -0.4 is 0 Å². The molecule has 0 aliphatic carbocycles. The second kappa shape index (κ2) is 4.71. The van der Waals surface area contributed by atoms with Crippen LogP contribution in [0.3, 0.4) is 0 Å². The van der Waals surface area contributed by atoms with E-state index in [2.05, 4.69) is 0 Å². The van der Waals surface area contributed by atoms with Crippen molar-refractivity contribution in [2.75, 3.05) is 13.3 Å². The first-order chi connectivity index (χ1) is 4.59. The fourth-order valence-corrected chi connectivity index (χ4v) is 0.802. The first-order valence-corrected chi connectivity index (χ1v) is 4.18. The summed E-state index contributed by atoms with van der Waals surface area (Å²) in [5.41, 5.74) is 0. The molecular formula is C6H13NO2S. The minimum absolute atomic E-state index is 0.108. The SMILES string of the molecule is CSON(C)C(C)C(C)=O. The molecule has 0 rings (SSSR count). The second-order valence-corrected chi connectivity index (χ2v) is 2.56. The highest BCUT2D eigenvalue weighted by atomic mass is 32.2. The van der Waals surface area contributed by atoms with Crippen molar-refractivity contribution >= 4 is 17.8 Å². The lowest BCUT2D eigenvalue weighted by atomic mass is 10.2. The standard InChI is InChI=1S/C6H13NO2S/c1-5(6(2)8)7(3)9-10-4/h5H,1-4H3. The molecule has 0 fully saturated rings. The molecule has 0 aromatic rings. The number of Topliss-reactive ketones (excluding diaryl/α,β-unsaturated/α-hetero) is 1. The van der Waals surface area contributed by atoms with Crippen molar-refractivity contribution in [3.05, 3.63) is 0 Å². The maximum atomic E-state index is 10.7. The zero-order chi connectivity index (χ0) is 8.15. The van der Waals surface area contributed by atoms with Gasteiger partial charge in [0.1, 0.15) is 5.78 Å². The van der Waals surface area contributed by atoms with Crippen LogP contribution in [0, 0.1) is 0 Å². The van der Waals surface area contributed by atoms with Crippen molar-refractivity contribution in [3.63, 3.8) is 0 Å². The van der Waals surface area contributed by atoms with Gasteiger partial charge in [-0.1, -0.05) is 0 Å². The van der Waals surface area contributed by atoms with Gasteiger partial charge in [0.05, 0.1) is 6.04 Å². The molecular weight excluding hydrogens is 150 g/mol. The molecule has 0 heterocycles. The van der Waals surface area contributed by atoms with Gasteiger partial charge in [-0.3, -0.25) is 4.79 Å². The monoisotopic (exact) mass is 163 g/mol. The van der Waals surface area contributed by atoms with Gasteiger partial charge in [-0.05, 0) is 13.8 Å². The molecule has 3 nitrogen and oxygen atoms in total. The molecule has 0 aromatic carbocycles. The molecule has 0 saturated heterocycles. The van der Waals surface area contributed by atoms with Crippen LogP contribution in [-0.4, -0.2) is 30.2 Å². The van der Waals surface area contributed by atoms with E-state index in [9.17, 15) is 4.79 Å². The predicted molar refractivity (Wildman–Crippen MR) is 42.5 cm³/mol. The van der Waals surface area contributed by atoms with Crippen molar-refractivity contribution in [1.29, 1.82) is 0 Å². The van der Waals surface area contributed by atoms with Gasteiger partial charge in [-0.2, -0.15) is 5.06 Å². The van der Waals surface area contributed by atoms with Gasteiger partial charge >= 0.3 is 0 Å². The summed E-state index contributed by atoms with van der Waals surface area (Å²) in [6, 6.07) is -0.160. The van der Waals surface area contributed by atoms with Crippen LogP contribution in [-0.2, 0) is 9.08 Å². The Kier molecular flexibility index (Phi) is 4.68. The minimum atomic E-state index is -0.160. The van der Waals surface area contributed by atoms with E-state index in [0.717, 1.165) is 0 Å². The van der Waals surface area contributed by atoms with Gasteiger partial charge in [0.2, 0.25) is 0 Å². The third-order valence-corrected chi connectivity index (χ3v) is 1.71. The number of hydrogen-bond donors (Lipinski definition) is 0. The molecule has 0 N–H and O–H groups in total. The molecule has 0 aliphatic rings. The van der Waals surface area contributed by atoms with E-state index in [1.165, 1.54) is 17.1 Å². The van der Waals surface area contributed by atoms with Crippen LogP contribution in [0.25, 0.3) is 0 Å². The molecule has 10 heavy (non-hydrogen) atoms. The van der Waals surface area contributed by atoms with Gasteiger partial charge < -0.3 is 0 Å². The number of rotatable bonds is 4. The maximum Gasteiger partial charge on any atom is 0.149 e. The number of likely N-dealkylation sites (N-methyl/N-ethyl adjacent to an activating group) is 1. The summed E-state index contributed by atoms with van der Waals surface area (Å²) in [6.07, 6.45) is 1.81. The lowest BCUT2D eigenvalue weighted by Gasteiger charge is -2.18. The van der Waals surface area contributed by atoms with Crippen LogP contribution in [0.5, 0.6) is 0 Å². The minimum Gasteiger partial charge on any atom is -0.298 e. The highest BCUT2D eigenvalue weighted by molar-refractivity contribution is 7.93. The zero-order valence-electron chi connectivity index (χ0n) is 6.75. The van der Waals surface area contributed by atoms with E-state index in [-0.39, 0.29) is 11.8 Å². The Bertz CT molecular complexity index is 118. The van der Waals surface area contributed by atoms with Crippen LogP contribution in [0.1, 0.15) is 13.8 Å². The normalized spacial score (nSPS) is 13.7. The van der Waals surface area contributed by atoms with Gasteiger partial charge in [-0.25, -0.2) is 4.28 Å². The summed E-state index contributed by atoms with van der Waals surface area (Å²) < 4.78 is 4.99. The lowest BCUT2D eigenvalue weighted by molar-refractivity contribution is -0.131. The van der Waals surface area contributed by atoms with Crippen molar-refractivity contribution in [2.45, 2.75) is 19.9 Å². The molecule has 1 atom stereocenters. The van der Waals surface area contributed by atoms with E-state index < -0.39 is 0 Å². The number of nitrogens with zero attached hydrogens (tertiary/aromatic N) is 1. The Labute approximate surface area is 65.9 Å². The molecule has 0 radical (unpaired) electrons. The van der Waals surface area contributed by atoms with Gasteiger partial charge in [0.15, 0.2) is 0 Å². The predicted octanol–water partition coefficient (Wildman–Crippen LogP) is 1.11. The smallest absolute Gasteiger partial charge is 0.149 e. The summed E-state index contributed by atoms with van der Waals surface area (Å²) in [5.74, 6) is 0.108. The Hall–Kier alpha value is -0.0600. The summed E-state index contributed by atoms with van der Waals surface area (Å²) in [7, 11) is 1.74. The molecule has 1 unspecified atom stereocenters. The third-order valence-electron chi connectivity index (χ3n) is 1.33. The number of hydroxylamine groups is 2. The molecule has 0 aromatic heterocycles. The lowest BCUT2D eigenvalue weighted by Crippen LogP contribution is -2.32. The number of ketones is 1. The highest BCUT2D eigenvalue weighted by Gasteiger charge is 2.13. The molecule has 0 bridgehead atoms. The largest absolute Gasteiger partial charge is 0.298 e. The van der Waals surface area contributed by atoms with Crippen molar-refractivity contribution in [3.8, 4) is 0 Å². The summed E-state index contributed by atoms with van der Waals surface area (Å²) in [5, 5.41) is 1.53. The van der Waals surface area contributed by atoms with E-state index in [1.54, 1.807) is 20.9 Å². The average Bonchev–Trinajstić information content (AvgIpc) is 1.87. The number of carbonyl (C=O) groups is 1. The third kappa shape index (κ3) is 3.20. The van der Waals surface area contributed by atoms with E-state index in [1.807, 2.05) is 6.26 Å². The van der Waals surface area contributed by atoms with Gasteiger partial charge in [-0.15, -0.1) is 0 Å².